The molecule has 11 nitrogen and oxygen atoms in total. The van der Waals surface area contributed by atoms with Crippen molar-refractivity contribution in [2.24, 2.45) is 0 Å². The first-order valence-corrected chi connectivity index (χ1v) is 26.4. The lowest BCUT2D eigenvalue weighted by Gasteiger charge is -2.41. The van der Waals surface area contributed by atoms with Crippen LogP contribution in [0.4, 0.5) is 0 Å². The lowest BCUT2D eigenvalue weighted by molar-refractivity contribution is -0.305. The van der Waals surface area contributed by atoms with Crippen molar-refractivity contribution >= 4 is 11.9 Å². The summed E-state index contributed by atoms with van der Waals surface area (Å²) in [7, 11) is 0. The number of hydrogen-bond donors (Lipinski definition) is 6. The summed E-state index contributed by atoms with van der Waals surface area (Å²) in [5.74, 6) is -1.22. The van der Waals surface area contributed by atoms with Gasteiger partial charge < -0.3 is 45.1 Å². The van der Waals surface area contributed by atoms with Crippen molar-refractivity contribution in [3.63, 3.8) is 0 Å². The van der Waals surface area contributed by atoms with Crippen molar-refractivity contribution in [2.75, 3.05) is 13.2 Å². The van der Waals surface area contributed by atoms with Crippen LogP contribution in [0.2, 0.25) is 0 Å². The van der Waals surface area contributed by atoms with E-state index in [1.54, 1.807) is 6.08 Å². The van der Waals surface area contributed by atoms with E-state index >= 15 is 0 Å². The third-order valence-corrected chi connectivity index (χ3v) is 12.3. The number of hydrogen-bond acceptors (Lipinski definition) is 10. The second-order valence-electron chi connectivity index (χ2n) is 18.3. The summed E-state index contributed by atoms with van der Waals surface area (Å²) in [6, 6.07) is -1.02. The minimum atomic E-state index is -1.62. The van der Waals surface area contributed by atoms with Gasteiger partial charge in [-0.25, -0.2) is 0 Å². The molecule has 0 aromatic rings. The molecule has 0 aromatic carbocycles. The van der Waals surface area contributed by atoms with E-state index in [4.69, 9.17) is 14.2 Å². The molecule has 1 heterocycles. The van der Waals surface area contributed by atoms with Crippen molar-refractivity contribution in [1.82, 2.24) is 5.32 Å². The van der Waals surface area contributed by atoms with E-state index in [9.17, 15) is 35.1 Å². The van der Waals surface area contributed by atoms with Gasteiger partial charge in [-0.1, -0.05) is 217 Å². The van der Waals surface area contributed by atoms with Gasteiger partial charge in [0.15, 0.2) is 12.4 Å². The lowest BCUT2D eigenvalue weighted by Crippen LogP contribution is -2.61. The molecule has 1 amide bonds. The molecule has 0 aromatic heterocycles. The number of carbonyl (C=O) groups excluding carboxylic acids is 2. The number of carbonyl (C=O) groups is 2. The molecule has 65 heavy (non-hydrogen) atoms. The fourth-order valence-electron chi connectivity index (χ4n) is 8.06. The van der Waals surface area contributed by atoms with Crippen molar-refractivity contribution in [3.8, 4) is 0 Å². The molecule has 0 spiro atoms. The zero-order valence-corrected chi connectivity index (χ0v) is 41.3. The van der Waals surface area contributed by atoms with Crippen LogP contribution in [0.1, 0.15) is 220 Å². The van der Waals surface area contributed by atoms with Gasteiger partial charge in [0.2, 0.25) is 5.91 Å². The predicted molar refractivity (Wildman–Crippen MR) is 264 cm³/mol. The van der Waals surface area contributed by atoms with Gasteiger partial charge in [0.25, 0.3) is 0 Å². The Morgan fingerprint density at radius 3 is 1.65 bits per heavy atom. The van der Waals surface area contributed by atoms with Gasteiger partial charge in [0, 0.05) is 6.42 Å². The number of nitrogens with one attached hydrogen (secondary N) is 1. The predicted octanol–water partition coefficient (Wildman–Crippen LogP) is 10.9. The molecule has 1 rings (SSSR count). The van der Waals surface area contributed by atoms with Gasteiger partial charge in [-0.05, 0) is 44.9 Å². The van der Waals surface area contributed by atoms with E-state index < -0.39 is 67.4 Å². The summed E-state index contributed by atoms with van der Waals surface area (Å²) in [6.07, 6.45) is 38.8. The first-order valence-electron chi connectivity index (χ1n) is 26.4. The van der Waals surface area contributed by atoms with Crippen LogP contribution in [0.25, 0.3) is 0 Å². The maximum Gasteiger partial charge on any atom is 0.306 e. The summed E-state index contributed by atoms with van der Waals surface area (Å²) in [4.78, 5) is 26.3. The number of allylic oxidation sites excluding steroid dienone is 7. The molecule has 1 fully saturated rings. The standard InChI is InChI=1S/C54H97NO10/c1-4-7-10-13-16-19-22-24-26-29-31-34-37-40-46(57)45(55-53(62)47(58)41-38-35-32-28-21-18-15-12-9-6-3)44-63-54-52(51(61)50(60)48(43-56)64-54)65-49(59)42-39-36-33-30-27-25-23-20-17-14-11-8-5-2/h8,11,14,17,20,23,37,40,45-48,50-52,54,56-58,60-61H,4-7,9-10,12-13,15-16,18-19,21-22,24-36,38-39,41-44H2,1-3H3,(H,55,62)/b11-8+,17-14+,23-20-,40-37+. The minimum absolute atomic E-state index is 0.101. The van der Waals surface area contributed by atoms with Crippen molar-refractivity contribution in [2.45, 2.75) is 269 Å². The Hall–Kier alpha value is -2.38. The van der Waals surface area contributed by atoms with Crippen LogP contribution >= 0.6 is 0 Å². The smallest absolute Gasteiger partial charge is 0.306 e. The van der Waals surface area contributed by atoms with Crippen molar-refractivity contribution in [1.29, 1.82) is 0 Å². The van der Waals surface area contributed by atoms with Crippen LogP contribution in [-0.4, -0.2) is 99.6 Å². The number of aliphatic hydroxyl groups is 5. The molecule has 1 aliphatic heterocycles. The second kappa shape index (κ2) is 42.9. The first kappa shape index (κ1) is 60.6. The highest BCUT2D eigenvalue weighted by Gasteiger charge is 2.47. The van der Waals surface area contributed by atoms with E-state index in [2.05, 4.69) is 44.3 Å². The van der Waals surface area contributed by atoms with Gasteiger partial charge in [0.1, 0.15) is 24.4 Å². The SMILES string of the molecule is CC/C=C/C=C/C=C\CCCCCCCC(=O)OC1C(OCC(NC(=O)C(O)CCCCCCCCCCCC)C(O)/C=C/CCCCCCCCCCCCC)OC(CO)C(O)C1O. The third-order valence-electron chi connectivity index (χ3n) is 12.3. The second-order valence-corrected chi connectivity index (χ2v) is 18.3. The zero-order valence-electron chi connectivity index (χ0n) is 41.3. The molecule has 1 saturated heterocycles. The topological polar surface area (TPSA) is 175 Å². The maximum atomic E-state index is 13.3. The number of ether oxygens (including phenoxy) is 3. The highest BCUT2D eigenvalue weighted by Crippen LogP contribution is 2.26. The Morgan fingerprint density at radius 1 is 0.615 bits per heavy atom. The minimum Gasteiger partial charge on any atom is -0.454 e. The van der Waals surface area contributed by atoms with Crippen molar-refractivity contribution < 1.29 is 49.3 Å². The molecule has 8 atom stereocenters. The van der Waals surface area contributed by atoms with Gasteiger partial charge in [-0.15, -0.1) is 0 Å². The quantitative estimate of drug-likeness (QED) is 0.0149. The Morgan fingerprint density at radius 2 is 1.11 bits per heavy atom. The molecule has 6 N–H and O–H groups in total. The third kappa shape index (κ3) is 32.1. The molecule has 0 bridgehead atoms. The van der Waals surface area contributed by atoms with Crippen LogP contribution in [-0.2, 0) is 23.8 Å². The monoisotopic (exact) mass is 920 g/mol. The van der Waals surface area contributed by atoms with E-state index in [1.807, 2.05) is 24.3 Å². The van der Waals surface area contributed by atoms with Crippen molar-refractivity contribution in [3.05, 3.63) is 48.6 Å². The van der Waals surface area contributed by atoms with Crippen LogP contribution < -0.4 is 5.32 Å². The van der Waals surface area contributed by atoms with Crippen LogP contribution in [0, 0.1) is 0 Å². The average Bonchev–Trinajstić information content (AvgIpc) is 3.30. The fourth-order valence-corrected chi connectivity index (χ4v) is 8.06. The number of rotatable bonds is 43. The molecule has 1 aliphatic rings. The van der Waals surface area contributed by atoms with Gasteiger partial charge in [-0.2, -0.15) is 0 Å². The highest BCUT2D eigenvalue weighted by atomic mass is 16.7. The Labute approximate surface area is 396 Å². The van der Waals surface area contributed by atoms with Gasteiger partial charge >= 0.3 is 5.97 Å². The molecule has 378 valence electrons. The highest BCUT2D eigenvalue weighted by molar-refractivity contribution is 5.80. The Kier molecular flexibility index (Phi) is 40.1. The van der Waals surface area contributed by atoms with E-state index in [1.165, 1.54) is 96.3 Å². The Balaban J connectivity index is 2.79. The van der Waals surface area contributed by atoms with E-state index in [0.29, 0.717) is 19.3 Å². The summed E-state index contributed by atoms with van der Waals surface area (Å²) in [6.45, 7) is 5.60. The van der Waals surface area contributed by atoms with Crippen LogP contribution in [0.3, 0.4) is 0 Å². The number of unbranched alkanes of at least 4 members (excludes halogenated alkanes) is 25. The molecule has 0 radical (unpaired) electrons. The molecule has 8 unspecified atom stereocenters. The first-order chi connectivity index (χ1) is 31.7. The number of esters is 1. The van der Waals surface area contributed by atoms with Gasteiger partial charge in [0.05, 0.1) is 25.4 Å². The summed E-state index contributed by atoms with van der Waals surface area (Å²) in [5.41, 5.74) is 0. The summed E-state index contributed by atoms with van der Waals surface area (Å²) >= 11 is 0. The van der Waals surface area contributed by atoms with Crippen LogP contribution in [0.5, 0.6) is 0 Å². The average molecular weight is 920 g/mol. The number of aliphatic hydroxyl groups excluding tert-OH is 5. The molecular formula is C54H97NO10. The maximum absolute atomic E-state index is 13.3. The van der Waals surface area contributed by atoms with Crippen LogP contribution in [0.15, 0.2) is 48.6 Å². The lowest BCUT2D eigenvalue weighted by atomic mass is 9.99. The van der Waals surface area contributed by atoms with Gasteiger partial charge in [-0.3, -0.25) is 9.59 Å². The normalized spacial score (nSPS) is 20.6. The summed E-state index contributed by atoms with van der Waals surface area (Å²) < 4.78 is 17.5. The zero-order chi connectivity index (χ0) is 47.6. The largest absolute Gasteiger partial charge is 0.454 e. The summed E-state index contributed by atoms with van der Waals surface area (Å²) in [5, 5.41) is 56.5. The molecular weight excluding hydrogens is 823 g/mol. The Bertz CT molecular complexity index is 1240. The fraction of sp³-hybridized carbons (Fsp3) is 0.815. The number of amides is 1. The molecule has 0 saturated carbocycles. The van der Waals surface area contributed by atoms with E-state index in [0.717, 1.165) is 77.0 Å². The van der Waals surface area contributed by atoms with E-state index in [-0.39, 0.29) is 13.0 Å². The molecule has 11 heteroatoms. The molecule has 0 aliphatic carbocycles.